The lowest BCUT2D eigenvalue weighted by Crippen LogP contribution is -2.29. The third-order valence-electron chi connectivity index (χ3n) is 3.38. The number of rotatable bonds is 1. The van der Waals surface area contributed by atoms with Crippen LogP contribution in [0.4, 0.5) is 0 Å². The van der Waals surface area contributed by atoms with Crippen molar-refractivity contribution in [1.82, 2.24) is 4.98 Å². The second-order valence-electron chi connectivity index (χ2n) is 5.43. The van der Waals surface area contributed by atoms with E-state index in [0.717, 1.165) is 9.88 Å². The molecule has 2 heterocycles. The molecule has 1 aliphatic heterocycles. The van der Waals surface area contributed by atoms with Gasteiger partial charge in [-0.3, -0.25) is 0 Å². The maximum atomic E-state index is 10.6. The number of aliphatic hydroxyl groups is 1. The zero-order valence-corrected chi connectivity index (χ0v) is 11.1. The molecule has 1 saturated carbocycles. The number of fused-ring (bicyclic) bond motifs is 1. The summed E-state index contributed by atoms with van der Waals surface area (Å²) >= 11 is 1.55. The van der Waals surface area contributed by atoms with Crippen LogP contribution in [0, 0.1) is 6.92 Å². The normalized spacial score (nSPS) is 39.5. The summed E-state index contributed by atoms with van der Waals surface area (Å²) in [6.07, 6.45) is 2.93. The minimum Gasteiger partial charge on any atom is -0.382 e. The van der Waals surface area contributed by atoms with Crippen LogP contribution in [0.25, 0.3) is 0 Å². The molecule has 1 aliphatic carbocycles. The van der Waals surface area contributed by atoms with Crippen molar-refractivity contribution in [2.45, 2.75) is 57.2 Å². The predicted molar refractivity (Wildman–Crippen MR) is 63.8 cm³/mol. The molecule has 5 heteroatoms. The third kappa shape index (κ3) is 1.91. The molecule has 1 N–H and O–H groups in total. The average Bonchev–Trinajstić information content (AvgIpc) is 2.77. The number of hydrogen-bond donors (Lipinski definition) is 1. The van der Waals surface area contributed by atoms with Gasteiger partial charge < -0.3 is 14.6 Å². The molecular weight excluding hydrogens is 238 g/mol. The molecule has 0 amide bonds. The Morgan fingerprint density at radius 3 is 2.41 bits per heavy atom. The number of aryl methyl sites for hydroxylation is 1. The molecule has 1 saturated heterocycles. The molecule has 4 nitrogen and oxygen atoms in total. The Balaban J connectivity index is 1.82. The maximum absolute atomic E-state index is 10.6. The Morgan fingerprint density at radius 1 is 1.35 bits per heavy atom. The van der Waals surface area contributed by atoms with Gasteiger partial charge in [-0.2, -0.15) is 0 Å². The first-order chi connectivity index (χ1) is 7.88. The maximum Gasteiger partial charge on any atom is 0.163 e. The van der Waals surface area contributed by atoms with Gasteiger partial charge >= 0.3 is 0 Å². The van der Waals surface area contributed by atoms with Crippen molar-refractivity contribution in [2.24, 2.45) is 0 Å². The van der Waals surface area contributed by atoms with E-state index in [0.29, 0.717) is 12.8 Å². The highest BCUT2D eigenvalue weighted by Crippen LogP contribution is 2.48. The van der Waals surface area contributed by atoms with E-state index in [2.05, 4.69) is 4.98 Å². The van der Waals surface area contributed by atoms with Gasteiger partial charge in [0.15, 0.2) is 5.79 Å². The molecular formula is C12H17NO3S. The summed E-state index contributed by atoms with van der Waals surface area (Å²) in [5.74, 6) is -0.518. The summed E-state index contributed by atoms with van der Waals surface area (Å²) in [5, 5.41) is 11.4. The first-order valence-electron chi connectivity index (χ1n) is 5.89. The summed E-state index contributed by atoms with van der Waals surface area (Å²) in [4.78, 5) is 5.41. The molecule has 94 valence electrons. The Morgan fingerprint density at radius 2 is 1.94 bits per heavy atom. The van der Waals surface area contributed by atoms with Crippen molar-refractivity contribution in [3.63, 3.8) is 0 Å². The van der Waals surface area contributed by atoms with Crippen LogP contribution in [-0.2, 0) is 15.1 Å². The lowest BCUT2D eigenvalue weighted by atomic mass is 10.0. The monoisotopic (exact) mass is 255 g/mol. The van der Waals surface area contributed by atoms with Crippen LogP contribution in [0.2, 0.25) is 0 Å². The average molecular weight is 255 g/mol. The van der Waals surface area contributed by atoms with E-state index >= 15 is 0 Å². The number of hydrogen-bond acceptors (Lipinski definition) is 5. The number of thiazole rings is 1. The zero-order chi connectivity index (χ0) is 12.3. The molecule has 17 heavy (non-hydrogen) atoms. The van der Waals surface area contributed by atoms with E-state index in [4.69, 9.17) is 9.47 Å². The van der Waals surface area contributed by atoms with E-state index in [-0.39, 0.29) is 12.2 Å². The van der Waals surface area contributed by atoms with E-state index in [1.165, 1.54) is 0 Å². The fourth-order valence-electron chi connectivity index (χ4n) is 2.75. The predicted octanol–water partition coefficient (Wildman–Crippen LogP) is 1.95. The molecule has 0 aromatic carbocycles. The van der Waals surface area contributed by atoms with Crippen molar-refractivity contribution < 1.29 is 14.6 Å². The highest BCUT2D eigenvalue weighted by Gasteiger charge is 2.54. The van der Waals surface area contributed by atoms with Crippen LogP contribution in [0.5, 0.6) is 0 Å². The fraction of sp³-hybridized carbons (Fsp3) is 0.750. The first kappa shape index (κ1) is 11.6. The van der Waals surface area contributed by atoms with Gasteiger partial charge in [0.05, 0.1) is 12.2 Å². The van der Waals surface area contributed by atoms with Crippen molar-refractivity contribution in [3.8, 4) is 0 Å². The summed E-state index contributed by atoms with van der Waals surface area (Å²) in [6, 6.07) is 0. The molecule has 1 aromatic heterocycles. The summed E-state index contributed by atoms with van der Waals surface area (Å²) in [5.41, 5.74) is -0.870. The fourth-order valence-corrected chi connectivity index (χ4v) is 3.62. The summed E-state index contributed by atoms with van der Waals surface area (Å²) in [6.45, 7) is 5.83. The van der Waals surface area contributed by atoms with E-state index in [1.807, 2.05) is 20.8 Å². The van der Waals surface area contributed by atoms with E-state index < -0.39 is 11.4 Å². The van der Waals surface area contributed by atoms with Gasteiger partial charge in [0.1, 0.15) is 10.6 Å². The number of aromatic nitrogens is 1. The molecule has 2 aliphatic rings. The molecule has 3 rings (SSSR count). The second kappa shape index (κ2) is 3.51. The van der Waals surface area contributed by atoms with E-state index in [1.54, 1.807) is 17.5 Å². The standard InChI is InChI=1S/C12H17NO3S/c1-7-6-13-10(17-7)12(14)4-8-9(5-12)16-11(2,3)15-8/h6,8-9,14H,4-5H2,1-3H3/t8-,9+,12-. The van der Waals surface area contributed by atoms with Gasteiger partial charge in [-0.05, 0) is 20.8 Å². The van der Waals surface area contributed by atoms with Crippen LogP contribution < -0.4 is 0 Å². The Hall–Kier alpha value is -0.490. The minimum atomic E-state index is -0.870. The smallest absolute Gasteiger partial charge is 0.163 e. The van der Waals surface area contributed by atoms with Gasteiger partial charge in [-0.15, -0.1) is 11.3 Å². The zero-order valence-electron chi connectivity index (χ0n) is 10.3. The third-order valence-corrected chi connectivity index (χ3v) is 4.49. The van der Waals surface area contributed by atoms with Gasteiger partial charge in [0, 0.05) is 23.9 Å². The van der Waals surface area contributed by atoms with Crippen LogP contribution in [0.15, 0.2) is 6.20 Å². The summed E-state index contributed by atoms with van der Waals surface area (Å²) < 4.78 is 11.6. The topological polar surface area (TPSA) is 51.6 Å². The van der Waals surface area contributed by atoms with Crippen molar-refractivity contribution in [3.05, 3.63) is 16.1 Å². The quantitative estimate of drug-likeness (QED) is 0.833. The van der Waals surface area contributed by atoms with Crippen LogP contribution in [-0.4, -0.2) is 28.1 Å². The molecule has 0 unspecified atom stereocenters. The first-order valence-corrected chi connectivity index (χ1v) is 6.71. The molecule has 3 atom stereocenters. The van der Waals surface area contributed by atoms with Crippen LogP contribution in [0.1, 0.15) is 36.6 Å². The van der Waals surface area contributed by atoms with Crippen molar-refractivity contribution >= 4 is 11.3 Å². The lowest BCUT2D eigenvalue weighted by molar-refractivity contribution is -0.165. The minimum absolute atomic E-state index is 0.0146. The lowest BCUT2D eigenvalue weighted by Gasteiger charge is -2.24. The molecule has 2 fully saturated rings. The molecule has 0 spiro atoms. The molecule has 0 bridgehead atoms. The van der Waals surface area contributed by atoms with Gasteiger partial charge in [0.2, 0.25) is 0 Å². The Labute approximate surface area is 105 Å². The SMILES string of the molecule is Cc1cnc([C@]2(O)C[C@@H]3OC(C)(C)O[C@@H]3C2)s1. The van der Waals surface area contributed by atoms with Crippen molar-refractivity contribution in [1.29, 1.82) is 0 Å². The van der Waals surface area contributed by atoms with Gasteiger partial charge in [-0.25, -0.2) is 4.98 Å². The van der Waals surface area contributed by atoms with Gasteiger partial charge in [-0.1, -0.05) is 0 Å². The highest BCUT2D eigenvalue weighted by molar-refractivity contribution is 7.11. The largest absolute Gasteiger partial charge is 0.382 e. The van der Waals surface area contributed by atoms with Gasteiger partial charge in [0.25, 0.3) is 0 Å². The Bertz CT molecular complexity index is 427. The number of nitrogens with zero attached hydrogens (tertiary/aromatic N) is 1. The highest BCUT2D eigenvalue weighted by atomic mass is 32.1. The number of ether oxygens (including phenoxy) is 2. The summed E-state index contributed by atoms with van der Waals surface area (Å²) in [7, 11) is 0. The second-order valence-corrected chi connectivity index (χ2v) is 6.66. The van der Waals surface area contributed by atoms with Crippen LogP contribution >= 0.6 is 11.3 Å². The Kier molecular flexibility index (Phi) is 2.39. The van der Waals surface area contributed by atoms with Crippen molar-refractivity contribution in [2.75, 3.05) is 0 Å². The molecule has 0 radical (unpaired) electrons. The van der Waals surface area contributed by atoms with Crippen LogP contribution in [0.3, 0.4) is 0 Å². The van der Waals surface area contributed by atoms with E-state index in [9.17, 15) is 5.11 Å². The molecule has 1 aromatic rings.